The predicted octanol–water partition coefficient (Wildman–Crippen LogP) is 1.26. The van der Waals surface area contributed by atoms with E-state index in [2.05, 4.69) is 20.8 Å². The number of anilines is 1. The van der Waals surface area contributed by atoms with Gasteiger partial charge in [-0.25, -0.2) is 4.68 Å². The van der Waals surface area contributed by atoms with Crippen LogP contribution in [0.25, 0.3) is 5.69 Å². The Balaban J connectivity index is 1.76. The predicted molar refractivity (Wildman–Crippen MR) is 77.8 cm³/mol. The van der Waals surface area contributed by atoms with Crippen LogP contribution in [0, 0.1) is 0 Å². The molecule has 1 aromatic heterocycles. The van der Waals surface area contributed by atoms with Gasteiger partial charge in [0.05, 0.1) is 11.2 Å². The number of hydrogen-bond acceptors (Lipinski definition) is 5. The second-order valence-electron chi connectivity index (χ2n) is 5.48. The number of hydrogen-bond donors (Lipinski definition) is 2. The highest BCUT2D eigenvalue weighted by Crippen LogP contribution is 2.27. The summed E-state index contributed by atoms with van der Waals surface area (Å²) in [6.45, 7) is 0. The van der Waals surface area contributed by atoms with Crippen LogP contribution in [-0.2, 0) is 4.79 Å². The number of nitrogens with two attached hydrogens (primary N) is 1. The normalized spacial score (nSPS) is 17.4. The van der Waals surface area contributed by atoms with E-state index < -0.39 is 5.54 Å². The molecule has 21 heavy (non-hydrogen) atoms. The first-order valence-corrected chi connectivity index (χ1v) is 7.11. The van der Waals surface area contributed by atoms with Gasteiger partial charge >= 0.3 is 0 Å². The van der Waals surface area contributed by atoms with Crippen molar-refractivity contribution in [3.05, 3.63) is 30.6 Å². The molecule has 3 rings (SSSR count). The Morgan fingerprint density at radius 3 is 2.81 bits per heavy atom. The van der Waals surface area contributed by atoms with E-state index in [9.17, 15) is 4.79 Å². The van der Waals surface area contributed by atoms with Crippen molar-refractivity contribution in [1.29, 1.82) is 0 Å². The lowest BCUT2D eigenvalue weighted by molar-refractivity contribution is -0.122. The first kappa shape index (κ1) is 13.7. The number of carbonyl (C=O) groups is 1. The topological polar surface area (TPSA) is 98.7 Å². The Hall–Kier alpha value is -2.28. The molecule has 0 aliphatic heterocycles. The molecule has 1 aliphatic rings. The average Bonchev–Trinajstić information content (AvgIpc) is 3.02. The molecule has 1 fully saturated rings. The summed E-state index contributed by atoms with van der Waals surface area (Å²) >= 11 is 0. The van der Waals surface area contributed by atoms with Crippen molar-refractivity contribution >= 4 is 11.6 Å². The van der Waals surface area contributed by atoms with Crippen LogP contribution in [0.5, 0.6) is 0 Å². The maximum absolute atomic E-state index is 12.4. The number of amides is 1. The zero-order valence-electron chi connectivity index (χ0n) is 11.7. The number of carbonyl (C=O) groups excluding carboxylic acids is 1. The number of nitrogens with one attached hydrogen (secondary N) is 1. The second kappa shape index (κ2) is 5.61. The van der Waals surface area contributed by atoms with Crippen LogP contribution in [0.2, 0.25) is 0 Å². The maximum Gasteiger partial charge on any atom is 0.244 e. The molecule has 7 nitrogen and oxygen atoms in total. The van der Waals surface area contributed by atoms with Gasteiger partial charge in [-0.2, -0.15) is 0 Å². The van der Waals surface area contributed by atoms with E-state index >= 15 is 0 Å². The molecule has 3 N–H and O–H groups in total. The monoisotopic (exact) mass is 286 g/mol. The number of rotatable bonds is 3. The van der Waals surface area contributed by atoms with Crippen molar-refractivity contribution in [3.63, 3.8) is 0 Å². The lowest BCUT2D eigenvalue weighted by Gasteiger charge is -2.31. The van der Waals surface area contributed by atoms with Gasteiger partial charge < -0.3 is 11.1 Å². The van der Waals surface area contributed by atoms with Gasteiger partial charge in [-0.15, -0.1) is 5.10 Å². The van der Waals surface area contributed by atoms with Crippen molar-refractivity contribution in [2.45, 2.75) is 37.6 Å². The lowest BCUT2D eigenvalue weighted by Crippen LogP contribution is -2.52. The molecule has 0 bridgehead atoms. The summed E-state index contributed by atoms with van der Waals surface area (Å²) < 4.78 is 1.54. The van der Waals surface area contributed by atoms with Gasteiger partial charge in [-0.05, 0) is 41.5 Å². The van der Waals surface area contributed by atoms with Crippen LogP contribution in [0.15, 0.2) is 30.6 Å². The van der Waals surface area contributed by atoms with Crippen molar-refractivity contribution in [3.8, 4) is 5.69 Å². The molecule has 1 heterocycles. The lowest BCUT2D eigenvalue weighted by atomic mass is 9.82. The molecule has 7 heteroatoms. The minimum atomic E-state index is -0.747. The smallest absolute Gasteiger partial charge is 0.244 e. The average molecular weight is 286 g/mol. The molecule has 1 saturated carbocycles. The van der Waals surface area contributed by atoms with E-state index in [1.807, 2.05) is 24.3 Å². The maximum atomic E-state index is 12.4. The number of nitrogens with zero attached hydrogens (tertiary/aromatic N) is 4. The Morgan fingerprint density at radius 1 is 1.29 bits per heavy atom. The molecule has 0 unspecified atom stereocenters. The van der Waals surface area contributed by atoms with E-state index in [1.165, 1.54) is 11.0 Å². The zero-order chi connectivity index (χ0) is 14.7. The summed E-state index contributed by atoms with van der Waals surface area (Å²) in [5.74, 6) is -0.115. The van der Waals surface area contributed by atoms with Crippen LogP contribution in [0.1, 0.15) is 32.1 Å². The van der Waals surface area contributed by atoms with Gasteiger partial charge in [0.2, 0.25) is 5.91 Å². The molecule has 1 amide bonds. The van der Waals surface area contributed by atoms with Crippen LogP contribution in [-0.4, -0.2) is 31.7 Å². The third kappa shape index (κ3) is 2.92. The van der Waals surface area contributed by atoms with Crippen LogP contribution in [0.3, 0.4) is 0 Å². The first-order valence-electron chi connectivity index (χ1n) is 7.11. The van der Waals surface area contributed by atoms with Crippen molar-refractivity contribution in [1.82, 2.24) is 20.2 Å². The highest BCUT2D eigenvalue weighted by molar-refractivity contribution is 5.98. The molecule has 110 valence electrons. The Bertz CT molecular complexity index is 618. The molecule has 0 saturated heterocycles. The van der Waals surface area contributed by atoms with E-state index in [4.69, 9.17) is 5.73 Å². The largest absolute Gasteiger partial charge is 0.324 e. The summed E-state index contributed by atoms with van der Waals surface area (Å²) in [7, 11) is 0. The summed E-state index contributed by atoms with van der Waals surface area (Å²) in [4.78, 5) is 12.4. The summed E-state index contributed by atoms with van der Waals surface area (Å²) in [6.07, 6.45) is 6.16. The highest BCUT2D eigenvalue weighted by Gasteiger charge is 2.35. The summed E-state index contributed by atoms with van der Waals surface area (Å²) in [6, 6.07) is 7.36. The van der Waals surface area contributed by atoms with Crippen molar-refractivity contribution in [2.75, 3.05) is 5.32 Å². The summed E-state index contributed by atoms with van der Waals surface area (Å²) in [5.41, 5.74) is 6.97. The molecule has 0 spiro atoms. The van der Waals surface area contributed by atoms with Gasteiger partial charge in [0, 0.05) is 5.69 Å². The first-order chi connectivity index (χ1) is 10.2. The fourth-order valence-electron chi connectivity index (χ4n) is 2.67. The van der Waals surface area contributed by atoms with E-state index in [-0.39, 0.29) is 5.91 Å². The van der Waals surface area contributed by atoms with Gasteiger partial charge in [0.25, 0.3) is 0 Å². The quantitative estimate of drug-likeness (QED) is 0.885. The number of tetrazole rings is 1. The van der Waals surface area contributed by atoms with Crippen LogP contribution >= 0.6 is 0 Å². The third-order valence-corrected chi connectivity index (χ3v) is 3.92. The fourth-order valence-corrected chi connectivity index (χ4v) is 2.67. The SMILES string of the molecule is NC1(C(=O)Nc2cccc(-n3cnnn3)c2)CCCCC1. The minimum Gasteiger partial charge on any atom is -0.324 e. The van der Waals surface area contributed by atoms with Gasteiger partial charge in [-0.3, -0.25) is 4.79 Å². The molecular weight excluding hydrogens is 268 g/mol. The van der Waals surface area contributed by atoms with Crippen LogP contribution < -0.4 is 11.1 Å². The van der Waals surface area contributed by atoms with Crippen LogP contribution in [0.4, 0.5) is 5.69 Å². The van der Waals surface area contributed by atoms with Gasteiger partial charge in [0.1, 0.15) is 6.33 Å². The number of benzene rings is 1. The molecule has 1 aromatic carbocycles. The third-order valence-electron chi connectivity index (χ3n) is 3.92. The summed E-state index contributed by atoms with van der Waals surface area (Å²) in [5, 5.41) is 13.9. The molecule has 1 aliphatic carbocycles. The van der Waals surface area contributed by atoms with Crippen molar-refractivity contribution in [2.24, 2.45) is 5.73 Å². The molecule has 0 radical (unpaired) electrons. The standard InChI is InChI=1S/C14H18N6O/c15-14(7-2-1-3-8-14)13(21)17-11-5-4-6-12(9-11)20-10-16-18-19-20/h4-6,9-10H,1-3,7-8,15H2,(H,17,21). The van der Waals surface area contributed by atoms with E-state index in [1.54, 1.807) is 0 Å². The minimum absolute atomic E-state index is 0.115. The van der Waals surface area contributed by atoms with Gasteiger partial charge in [0.15, 0.2) is 0 Å². The Labute approximate surface area is 122 Å². The van der Waals surface area contributed by atoms with Gasteiger partial charge in [-0.1, -0.05) is 25.3 Å². The zero-order valence-corrected chi connectivity index (χ0v) is 11.7. The molecule has 0 atom stereocenters. The Kier molecular flexibility index (Phi) is 3.66. The van der Waals surface area contributed by atoms with E-state index in [0.717, 1.165) is 37.8 Å². The molecular formula is C14H18N6O. The molecule has 2 aromatic rings. The Morgan fingerprint density at radius 2 is 2.10 bits per heavy atom. The van der Waals surface area contributed by atoms with E-state index in [0.29, 0.717) is 5.69 Å². The number of aromatic nitrogens is 4. The second-order valence-corrected chi connectivity index (χ2v) is 5.48. The fraction of sp³-hybridized carbons (Fsp3) is 0.429. The van der Waals surface area contributed by atoms with Crippen molar-refractivity contribution < 1.29 is 4.79 Å². The highest BCUT2D eigenvalue weighted by atomic mass is 16.2.